The summed E-state index contributed by atoms with van der Waals surface area (Å²) in [6.07, 6.45) is 3.86. The van der Waals surface area contributed by atoms with Gasteiger partial charge in [-0.1, -0.05) is 12.1 Å². The van der Waals surface area contributed by atoms with Gasteiger partial charge in [0.2, 0.25) is 5.91 Å². The average molecular weight is 392 g/mol. The Labute approximate surface area is 162 Å². The molecule has 1 N–H and O–H groups in total. The number of nitrogens with zero attached hydrogens (tertiary/aromatic N) is 4. The molecule has 0 radical (unpaired) electrons. The van der Waals surface area contributed by atoms with Gasteiger partial charge < -0.3 is 19.2 Å². The highest BCUT2D eigenvalue weighted by Crippen LogP contribution is 2.21. The van der Waals surface area contributed by atoms with Gasteiger partial charge in [-0.15, -0.1) is 12.4 Å². The molecule has 1 aliphatic heterocycles. The molecule has 0 spiro atoms. The third-order valence-corrected chi connectivity index (χ3v) is 4.84. The number of carbonyl (C=O) groups excluding carboxylic acids is 1. The van der Waals surface area contributed by atoms with Gasteiger partial charge in [0.05, 0.1) is 5.52 Å². The zero-order valence-corrected chi connectivity index (χ0v) is 15.8. The molecule has 1 aromatic carbocycles. The van der Waals surface area contributed by atoms with Gasteiger partial charge in [-0.2, -0.15) is 0 Å². The number of halogens is 1. The Bertz CT molecular complexity index is 992. The first kappa shape index (κ1) is 19.2. The molecule has 27 heavy (non-hydrogen) atoms. The van der Waals surface area contributed by atoms with Crippen LogP contribution in [0.4, 0.5) is 0 Å². The first-order chi connectivity index (χ1) is 12.6. The summed E-state index contributed by atoms with van der Waals surface area (Å²) < 4.78 is 8.69. The number of rotatable bonds is 4. The molecule has 3 heterocycles. The van der Waals surface area contributed by atoms with Crippen LogP contribution in [-0.2, 0) is 18.4 Å². The molecular weight excluding hydrogens is 370 g/mol. The molecule has 1 saturated heterocycles. The number of oxazole rings is 1. The predicted octanol–water partition coefficient (Wildman–Crippen LogP) is 1.31. The van der Waals surface area contributed by atoms with E-state index >= 15 is 0 Å². The molecule has 1 amide bonds. The van der Waals surface area contributed by atoms with Crippen LogP contribution < -0.4 is 11.1 Å². The number of aryl methyl sites for hydroxylation is 2. The monoisotopic (exact) mass is 391 g/mol. The SMILES string of the molecule is Cl.Cn1ccnc1C1CNCCN1C(=O)CCn1c(=O)oc2ccccc21. The van der Waals surface area contributed by atoms with Crippen LogP contribution >= 0.6 is 12.4 Å². The molecule has 0 aliphatic carbocycles. The second-order valence-corrected chi connectivity index (χ2v) is 6.44. The lowest BCUT2D eigenvalue weighted by molar-refractivity contribution is -0.135. The van der Waals surface area contributed by atoms with Gasteiger partial charge in [-0.25, -0.2) is 9.78 Å². The van der Waals surface area contributed by atoms with Crippen molar-refractivity contribution in [1.82, 2.24) is 24.3 Å². The summed E-state index contributed by atoms with van der Waals surface area (Å²) in [6, 6.07) is 7.14. The van der Waals surface area contributed by atoms with Crippen molar-refractivity contribution >= 4 is 29.4 Å². The summed E-state index contributed by atoms with van der Waals surface area (Å²) in [4.78, 5) is 31.2. The van der Waals surface area contributed by atoms with Crippen LogP contribution in [0, 0.1) is 0 Å². The fourth-order valence-electron chi connectivity index (χ4n) is 3.51. The number of para-hydroxylation sites is 2. The quantitative estimate of drug-likeness (QED) is 0.724. The van der Waals surface area contributed by atoms with Crippen molar-refractivity contribution in [2.75, 3.05) is 19.6 Å². The van der Waals surface area contributed by atoms with E-state index in [0.29, 0.717) is 30.7 Å². The fourth-order valence-corrected chi connectivity index (χ4v) is 3.51. The van der Waals surface area contributed by atoms with Crippen molar-refractivity contribution in [3.05, 3.63) is 53.0 Å². The number of fused-ring (bicyclic) bond motifs is 1. The molecule has 9 heteroatoms. The minimum Gasteiger partial charge on any atom is -0.408 e. The number of aromatic nitrogens is 3. The third kappa shape index (κ3) is 3.63. The minimum atomic E-state index is -0.431. The summed E-state index contributed by atoms with van der Waals surface area (Å²) in [5, 5.41) is 3.32. The molecule has 4 rings (SSSR count). The predicted molar refractivity (Wildman–Crippen MR) is 103 cm³/mol. The van der Waals surface area contributed by atoms with Crippen LogP contribution in [0.1, 0.15) is 18.3 Å². The van der Waals surface area contributed by atoms with Gasteiger partial charge in [0, 0.05) is 52.0 Å². The molecule has 3 aromatic rings. The lowest BCUT2D eigenvalue weighted by atomic mass is 10.1. The zero-order valence-electron chi connectivity index (χ0n) is 15.0. The van der Waals surface area contributed by atoms with E-state index in [0.717, 1.165) is 12.4 Å². The van der Waals surface area contributed by atoms with Crippen molar-refractivity contribution in [3.8, 4) is 0 Å². The van der Waals surface area contributed by atoms with Gasteiger partial charge in [-0.3, -0.25) is 9.36 Å². The summed E-state index contributed by atoms with van der Waals surface area (Å²) >= 11 is 0. The van der Waals surface area contributed by atoms with E-state index in [9.17, 15) is 9.59 Å². The van der Waals surface area contributed by atoms with E-state index in [-0.39, 0.29) is 30.8 Å². The molecule has 0 saturated carbocycles. The lowest BCUT2D eigenvalue weighted by Gasteiger charge is -2.35. The van der Waals surface area contributed by atoms with Crippen LogP contribution in [0.5, 0.6) is 0 Å². The Kier molecular flexibility index (Phi) is 5.67. The van der Waals surface area contributed by atoms with Crippen LogP contribution in [0.15, 0.2) is 45.9 Å². The molecule has 0 bridgehead atoms. The third-order valence-electron chi connectivity index (χ3n) is 4.84. The molecular formula is C18H22ClN5O3. The Balaban J connectivity index is 0.00000210. The number of piperazine rings is 1. The lowest BCUT2D eigenvalue weighted by Crippen LogP contribution is -2.49. The summed E-state index contributed by atoms with van der Waals surface area (Å²) in [7, 11) is 1.93. The summed E-state index contributed by atoms with van der Waals surface area (Å²) in [5.74, 6) is 0.438. The van der Waals surface area contributed by atoms with E-state index in [1.54, 1.807) is 12.3 Å². The second-order valence-electron chi connectivity index (χ2n) is 6.44. The van der Waals surface area contributed by atoms with E-state index in [1.165, 1.54) is 4.57 Å². The van der Waals surface area contributed by atoms with E-state index < -0.39 is 5.76 Å². The highest BCUT2D eigenvalue weighted by Gasteiger charge is 2.30. The van der Waals surface area contributed by atoms with E-state index in [2.05, 4.69) is 10.3 Å². The van der Waals surface area contributed by atoms with E-state index in [1.807, 2.05) is 40.9 Å². The van der Waals surface area contributed by atoms with Gasteiger partial charge in [-0.05, 0) is 12.1 Å². The first-order valence-corrected chi connectivity index (χ1v) is 8.71. The first-order valence-electron chi connectivity index (χ1n) is 8.71. The Morgan fingerprint density at radius 2 is 2.19 bits per heavy atom. The molecule has 1 aliphatic rings. The highest BCUT2D eigenvalue weighted by molar-refractivity contribution is 5.85. The number of amides is 1. The van der Waals surface area contributed by atoms with Crippen LogP contribution in [0.3, 0.4) is 0 Å². The number of imidazole rings is 1. The Morgan fingerprint density at radius 1 is 1.37 bits per heavy atom. The molecule has 1 fully saturated rings. The standard InChI is InChI=1S/C18H21N5O3.ClH/c1-21-10-8-20-17(21)14-12-19-7-11-22(14)16(24)6-9-23-13-4-2-3-5-15(13)26-18(23)25;/h2-5,8,10,14,19H,6-7,9,11-12H2,1H3;1H. The smallest absolute Gasteiger partial charge is 0.408 e. The minimum absolute atomic E-state index is 0. The van der Waals surface area contributed by atoms with Crippen LogP contribution in [-0.4, -0.2) is 44.6 Å². The molecule has 8 nitrogen and oxygen atoms in total. The van der Waals surface area contributed by atoms with Crippen molar-refractivity contribution in [3.63, 3.8) is 0 Å². The van der Waals surface area contributed by atoms with Crippen molar-refractivity contribution in [1.29, 1.82) is 0 Å². The number of hydrogen-bond acceptors (Lipinski definition) is 5. The van der Waals surface area contributed by atoms with Gasteiger partial charge >= 0.3 is 5.76 Å². The maximum atomic E-state index is 12.9. The maximum absolute atomic E-state index is 12.9. The zero-order chi connectivity index (χ0) is 18.1. The normalized spacial score (nSPS) is 17.1. The number of carbonyl (C=O) groups is 1. The Morgan fingerprint density at radius 3 is 2.96 bits per heavy atom. The van der Waals surface area contributed by atoms with Gasteiger partial charge in [0.25, 0.3) is 0 Å². The van der Waals surface area contributed by atoms with Gasteiger partial charge in [0.1, 0.15) is 11.9 Å². The fraction of sp³-hybridized carbons (Fsp3) is 0.389. The Hall–Kier alpha value is -2.58. The van der Waals surface area contributed by atoms with Gasteiger partial charge in [0.15, 0.2) is 5.58 Å². The topological polar surface area (TPSA) is 85.3 Å². The molecule has 1 atom stereocenters. The number of hydrogen-bond donors (Lipinski definition) is 1. The summed E-state index contributed by atoms with van der Waals surface area (Å²) in [5.41, 5.74) is 1.25. The van der Waals surface area contributed by atoms with Crippen LogP contribution in [0.25, 0.3) is 11.1 Å². The summed E-state index contributed by atoms with van der Waals surface area (Å²) in [6.45, 7) is 2.34. The van der Waals surface area contributed by atoms with E-state index in [4.69, 9.17) is 4.42 Å². The average Bonchev–Trinajstić information content (AvgIpc) is 3.22. The highest BCUT2D eigenvalue weighted by atomic mass is 35.5. The van der Waals surface area contributed by atoms with Crippen molar-refractivity contribution in [2.24, 2.45) is 7.05 Å². The van der Waals surface area contributed by atoms with Crippen molar-refractivity contribution < 1.29 is 9.21 Å². The number of benzene rings is 1. The maximum Gasteiger partial charge on any atom is 0.419 e. The number of nitrogens with one attached hydrogen (secondary N) is 1. The van der Waals surface area contributed by atoms with Crippen LogP contribution in [0.2, 0.25) is 0 Å². The largest absolute Gasteiger partial charge is 0.419 e. The molecule has 2 aromatic heterocycles. The molecule has 1 unspecified atom stereocenters. The molecule has 144 valence electrons. The second kappa shape index (κ2) is 7.98. The van der Waals surface area contributed by atoms with Crippen molar-refractivity contribution in [2.45, 2.75) is 19.0 Å².